The first kappa shape index (κ1) is 20.4. The number of benzene rings is 2. The van der Waals surface area contributed by atoms with E-state index in [2.05, 4.69) is 35.5 Å². The predicted molar refractivity (Wildman–Crippen MR) is 122 cm³/mol. The smallest absolute Gasteiger partial charge is 0.252 e. The molecule has 6 heteroatoms. The van der Waals surface area contributed by atoms with E-state index in [4.69, 9.17) is 0 Å². The van der Waals surface area contributed by atoms with E-state index in [0.717, 1.165) is 29.4 Å². The van der Waals surface area contributed by atoms with Crippen LogP contribution < -0.4 is 10.6 Å². The Kier molecular flexibility index (Phi) is 6.04. The Morgan fingerprint density at radius 1 is 1.10 bits per heavy atom. The molecule has 1 heterocycles. The zero-order chi connectivity index (χ0) is 21.1. The lowest BCUT2D eigenvalue weighted by Crippen LogP contribution is -2.25. The highest BCUT2D eigenvalue weighted by Crippen LogP contribution is 2.26. The fraction of sp³-hybridized carbons (Fsp3) is 0.292. The minimum Gasteiger partial charge on any atom is -0.349 e. The van der Waals surface area contributed by atoms with Crippen LogP contribution in [0.3, 0.4) is 0 Å². The zero-order valence-corrected chi connectivity index (χ0v) is 18.0. The molecule has 0 atom stereocenters. The second-order valence-electron chi connectivity index (χ2n) is 7.89. The summed E-state index contributed by atoms with van der Waals surface area (Å²) >= 11 is 1.34. The van der Waals surface area contributed by atoms with Crippen LogP contribution in [0.25, 0.3) is 10.9 Å². The van der Waals surface area contributed by atoms with Crippen molar-refractivity contribution in [3.8, 4) is 0 Å². The van der Waals surface area contributed by atoms with E-state index in [-0.39, 0.29) is 23.6 Å². The fourth-order valence-corrected chi connectivity index (χ4v) is 3.93. The Bertz CT molecular complexity index is 1090. The molecule has 0 radical (unpaired) electrons. The third kappa shape index (κ3) is 5.00. The number of fused-ring (bicyclic) bond motifs is 1. The van der Waals surface area contributed by atoms with Crippen LogP contribution in [0.15, 0.2) is 59.6 Å². The number of thioether (sulfide) groups is 1. The molecule has 0 aliphatic heterocycles. The Balaban J connectivity index is 1.47. The van der Waals surface area contributed by atoms with Gasteiger partial charge in [0.1, 0.15) is 0 Å². The van der Waals surface area contributed by atoms with Gasteiger partial charge in [0.25, 0.3) is 5.91 Å². The lowest BCUT2D eigenvalue weighted by molar-refractivity contribution is -0.113. The van der Waals surface area contributed by atoms with Crippen molar-refractivity contribution in [1.82, 2.24) is 10.3 Å². The largest absolute Gasteiger partial charge is 0.349 e. The van der Waals surface area contributed by atoms with Crippen LogP contribution in [0.1, 0.15) is 48.5 Å². The SMILES string of the molecule is CC(C)c1cccc(NC(=O)CSc2cc(C(=O)NC3CC3)c3ccccc3n2)c1. The van der Waals surface area contributed by atoms with Gasteiger partial charge in [-0.1, -0.05) is 55.9 Å². The van der Waals surface area contributed by atoms with E-state index in [9.17, 15) is 9.59 Å². The molecule has 1 saturated carbocycles. The quantitative estimate of drug-likeness (QED) is 0.530. The molecule has 1 aliphatic carbocycles. The molecule has 0 spiro atoms. The molecule has 3 aromatic rings. The highest BCUT2D eigenvalue weighted by molar-refractivity contribution is 7.99. The van der Waals surface area contributed by atoms with Gasteiger partial charge in [0, 0.05) is 17.1 Å². The Morgan fingerprint density at radius 3 is 2.67 bits per heavy atom. The topological polar surface area (TPSA) is 71.1 Å². The zero-order valence-electron chi connectivity index (χ0n) is 17.1. The van der Waals surface area contributed by atoms with E-state index in [1.54, 1.807) is 6.07 Å². The van der Waals surface area contributed by atoms with E-state index in [0.29, 0.717) is 16.5 Å². The number of hydrogen-bond acceptors (Lipinski definition) is 4. The van der Waals surface area contributed by atoms with Gasteiger partial charge in [0.05, 0.1) is 21.9 Å². The van der Waals surface area contributed by atoms with Gasteiger partial charge in [-0.05, 0) is 48.6 Å². The maximum atomic E-state index is 12.7. The van der Waals surface area contributed by atoms with Crippen LogP contribution >= 0.6 is 11.8 Å². The van der Waals surface area contributed by atoms with Gasteiger partial charge in [-0.25, -0.2) is 4.98 Å². The summed E-state index contributed by atoms with van der Waals surface area (Å²) in [6, 6.07) is 17.6. The number of amides is 2. The molecular formula is C24H25N3O2S. The number of pyridine rings is 1. The number of anilines is 1. The summed E-state index contributed by atoms with van der Waals surface area (Å²) in [7, 11) is 0. The Morgan fingerprint density at radius 2 is 1.90 bits per heavy atom. The van der Waals surface area contributed by atoms with Crippen LogP contribution in [0.5, 0.6) is 0 Å². The summed E-state index contributed by atoms with van der Waals surface area (Å²) < 4.78 is 0. The molecule has 5 nitrogen and oxygen atoms in total. The predicted octanol–water partition coefficient (Wildman–Crippen LogP) is 4.98. The second kappa shape index (κ2) is 8.88. The number of nitrogens with one attached hydrogen (secondary N) is 2. The van der Waals surface area contributed by atoms with Crippen molar-refractivity contribution in [2.45, 2.75) is 43.7 Å². The normalized spacial score (nSPS) is 13.4. The summed E-state index contributed by atoms with van der Waals surface area (Å²) in [5, 5.41) is 7.49. The summed E-state index contributed by atoms with van der Waals surface area (Å²) in [4.78, 5) is 29.8. The minimum atomic E-state index is -0.0974. The summed E-state index contributed by atoms with van der Waals surface area (Å²) in [5.41, 5.74) is 3.35. The molecule has 2 aromatic carbocycles. The van der Waals surface area contributed by atoms with Crippen molar-refractivity contribution in [2.75, 3.05) is 11.1 Å². The molecule has 30 heavy (non-hydrogen) atoms. The number of hydrogen-bond donors (Lipinski definition) is 2. The number of aromatic nitrogens is 1. The number of carbonyl (C=O) groups is 2. The van der Waals surface area contributed by atoms with Crippen molar-refractivity contribution < 1.29 is 9.59 Å². The average Bonchev–Trinajstić information content (AvgIpc) is 3.55. The van der Waals surface area contributed by atoms with Gasteiger partial charge < -0.3 is 10.6 Å². The maximum Gasteiger partial charge on any atom is 0.252 e. The highest BCUT2D eigenvalue weighted by Gasteiger charge is 2.25. The number of carbonyl (C=O) groups excluding carboxylic acids is 2. The van der Waals surface area contributed by atoms with Crippen molar-refractivity contribution in [1.29, 1.82) is 0 Å². The van der Waals surface area contributed by atoms with E-state index in [1.165, 1.54) is 17.3 Å². The van der Waals surface area contributed by atoms with Crippen LogP contribution in [-0.4, -0.2) is 28.6 Å². The molecule has 0 unspecified atom stereocenters. The minimum absolute atomic E-state index is 0.0760. The first-order chi connectivity index (χ1) is 14.5. The summed E-state index contributed by atoms with van der Waals surface area (Å²) in [6.07, 6.45) is 2.07. The molecule has 4 rings (SSSR count). The molecule has 0 saturated heterocycles. The summed E-state index contributed by atoms with van der Waals surface area (Å²) in [6.45, 7) is 4.25. The van der Waals surface area contributed by atoms with Gasteiger partial charge in [-0.3, -0.25) is 9.59 Å². The van der Waals surface area contributed by atoms with Crippen LogP contribution in [0.2, 0.25) is 0 Å². The van der Waals surface area contributed by atoms with Gasteiger partial charge in [0.15, 0.2) is 0 Å². The molecule has 1 aliphatic rings. The lowest BCUT2D eigenvalue weighted by Gasteiger charge is -2.11. The third-order valence-electron chi connectivity index (χ3n) is 5.04. The highest BCUT2D eigenvalue weighted by atomic mass is 32.2. The Hall–Kier alpha value is -2.86. The molecule has 2 amide bonds. The number of para-hydroxylation sites is 1. The third-order valence-corrected chi connectivity index (χ3v) is 5.95. The van der Waals surface area contributed by atoms with Crippen molar-refractivity contribution in [3.05, 3.63) is 65.7 Å². The lowest BCUT2D eigenvalue weighted by atomic mass is 10.0. The molecule has 2 N–H and O–H groups in total. The van der Waals surface area contributed by atoms with Gasteiger partial charge >= 0.3 is 0 Å². The molecule has 154 valence electrons. The maximum absolute atomic E-state index is 12.7. The number of nitrogens with zero attached hydrogens (tertiary/aromatic N) is 1. The summed E-state index contributed by atoms with van der Waals surface area (Å²) in [5.74, 6) is 0.451. The Labute approximate surface area is 180 Å². The first-order valence-corrected chi connectivity index (χ1v) is 11.2. The second-order valence-corrected chi connectivity index (χ2v) is 8.89. The standard InChI is InChI=1S/C24H25N3O2S/c1-15(2)16-6-5-7-18(12-16)25-22(28)14-30-23-13-20(24(29)26-17-10-11-17)19-8-3-4-9-21(19)27-23/h3-9,12-13,15,17H,10-11,14H2,1-2H3,(H,25,28)(H,26,29). The number of rotatable bonds is 7. The van der Waals surface area contributed by atoms with E-state index in [1.807, 2.05) is 42.5 Å². The van der Waals surface area contributed by atoms with E-state index >= 15 is 0 Å². The molecule has 1 aromatic heterocycles. The average molecular weight is 420 g/mol. The van der Waals surface area contributed by atoms with Crippen LogP contribution in [0.4, 0.5) is 5.69 Å². The van der Waals surface area contributed by atoms with E-state index < -0.39 is 0 Å². The fourth-order valence-electron chi connectivity index (χ4n) is 3.22. The van der Waals surface area contributed by atoms with Gasteiger partial charge in [-0.15, -0.1) is 0 Å². The molecule has 0 bridgehead atoms. The van der Waals surface area contributed by atoms with Crippen LogP contribution in [0, 0.1) is 0 Å². The van der Waals surface area contributed by atoms with Gasteiger partial charge in [0.2, 0.25) is 5.91 Å². The molecule has 1 fully saturated rings. The van der Waals surface area contributed by atoms with Gasteiger partial charge in [-0.2, -0.15) is 0 Å². The van der Waals surface area contributed by atoms with Crippen molar-refractivity contribution in [2.24, 2.45) is 0 Å². The first-order valence-electron chi connectivity index (χ1n) is 10.2. The van der Waals surface area contributed by atoms with Crippen LogP contribution in [-0.2, 0) is 4.79 Å². The van der Waals surface area contributed by atoms with Crippen molar-refractivity contribution >= 4 is 40.2 Å². The molecular weight excluding hydrogens is 394 g/mol. The van der Waals surface area contributed by atoms with Crippen molar-refractivity contribution in [3.63, 3.8) is 0 Å². The monoisotopic (exact) mass is 419 g/mol.